The fourth-order valence-electron chi connectivity index (χ4n) is 3.84. The van der Waals surface area contributed by atoms with Crippen molar-refractivity contribution in [2.24, 2.45) is 11.3 Å². The Labute approximate surface area is 138 Å². The first kappa shape index (κ1) is 16.2. The van der Waals surface area contributed by atoms with E-state index in [4.69, 9.17) is 11.6 Å². The lowest BCUT2D eigenvalue weighted by atomic mass is 9.81. The maximum absolute atomic E-state index is 13.1. The number of likely N-dealkylation sites (tertiary alicyclic amines) is 1. The number of fused-ring (bicyclic) bond motifs is 1. The zero-order chi connectivity index (χ0) is 16.6. The van der Waals surface area contributed by atoms with E-state index in [2.05, 4.69) is 5.32 Å². The van der Waals surface area contributed by atoms with Gasteiger partial charge in [-0.1, -0.05) is 18.0 Å². The van der Waals surface area contributed by atoms with Gasteiger partial charge < -0.3 is 10.4 Å². The van der Waals surface area contributed by atoms with Crippen molar-refractivity contribution in [3.63, 3.8) is 0 Å². The van der Waals surface area contributed by atoms with Gasteiger partial charge in [0.15, 0.2) is 0 Å². The van der Waals surface area contributed by atoms with Crippen molar-refractivity contribution < 1.29 is 19.1 Å². The number of carboxylic acids is 1. The second kappa shape index (κ2) is 6.09. The summed E-state index contributed by atoms with van der Waals surface area (Å²) in [5, 5.41) is 12.2. The van der Waals surface area contributed by atoms with Crippen molar-refractivity contribution in [2.75, 3.05) is 25.0 Å². The topological polar surface area (TPSA) is 69.6 Å². The minimum absolute atomic E-state index is 0.0525. The predicted octanol–water partition coefficient (Wildman–Crippen LogP) is 2.60. The van der Waals surface area contributed by atoms with E-state index in [-0.39, 0.29) is 23.4 Å². The normalized spacial score (nSPS) is 27.0. The van der Waals surface area contributed by atoms with Crippen molar-refractivity contribution in [3.8, 4) is 0 Å². The molecule has 2 fully saturated rings. The van der Waals surface area contributed by atoms with Gasteiger partial charge in [-0.2, -0.15) is 0 Å². The van der Waals surface area contributed by atoms with Crippen LogP contribution in [0, 0.1) is 17.2 Å². The molecule has 1 saturated heterocycles. The summed E-state index contributed by atoms with van der Waals surface area (Å²) < 4.78 is 13.1. The number of hydrogen-bond acceptors (Lipinski definition) is 3. The van der Waals surface area contributed by atoms with Gasteiger partial charge in [0.05, 0.1) is 17.0 Å². The molecule has 1 aromatic rings. The van der Waals surface area contributed by atoms with Gasteiger partial charge in [-0.3, -0.25) is 14.5 Å². The summed E-state index contributed by atoms with van der Waals surface area (Å²) >= 11 is 5.68. The SMILES string of the molecule is O=C(CN1C[C@@H]2CCC[C@@]2(C(=O)O)C1)Nc1ccc(F)c(Cl)c1. The maximum Gasteiger partial charge on any atom is 0.311 e. The third-order valence-electron chi connectivity index (χ3n) is 4.94. The number of carbonyl (C=O) groups excluding carboxylic acids is 1. The molecule has 7 heteroatoms. The first-order valence-corrected chi connectivity index (χ1v) is 7.99. The molecule has 1 saturated carbocycles. The van der Waals surface area contributed by atoms with Crippen LogP contribution in [-0.2, 0) is 9.59 Å². The van der Waals surface area contributed by atoms with E-state index >= 15 is 0 Å². The molecule has 3 rings (SSSR count). The van der Waals surface area contributed by atoms with E-state index in [1.54, 1.807) is 0 Å². The summed E-state index contributed by atoms with van der Waals surface area (Å²) in [4.78, 5) is 25.6. The van der Waals surface area contributed by atoms with E-state index in [1.807, 2.05) is 4.90 Å². The predicted molar refractivity (Wildman–Crippen MR) is 83.9 cm³/mol. The number of benzene rings is 1. The highest BCUT2D eigenvalue weighted by Crippen LogP contribution is 2.48. The summed E-state index contributed by atoms with van der Waals surface area (Å²) in [7, 11) is 0. The van der Waals surface area contributed by atoms with Crippen molar-refractivity contribution >= 4 is 29.2 Å². The van der Waals surface area contributed by atoms with E-state index in [0.29, 0.717) is 25.2 Å². The quantitative estimate of drug-likeness (QED) is 0.884. The molecule has 1 aliphatic heterocycles. The van der Waals surface area contributed by atoms with E-state index in [9.17, 15) is 19.1 Å². The third-order valence-corrected chi connectivity index (χ3v) is 5.23. The van der Waals surface area contributed by atoms with Crippen LogP contribution in [0.4, 0.5) is 10.1 Å². The van der Waals surface area contributed by atoms with Gasteiger partial charge >= 0.3 is 5.97 Å². The summed E-state index contributed by atoms with van der Waals surface area (Å²) in [5.74, 6) is -1.44. The Morgan fingerprint density at radius 1 is 1.48 bits per heavy atom. The number of carboxylic acid groups (broad SMARTS) is 1. The van der Waals surface area contributed by atoms with E-state index in [0.717, 1.165) is 12.8 Å². The van der Waals surface area contributed by atoms with Crippen molar-refractivity contribution in [3.05, 3.63) is 29.0 Å². The molecule has 0 bridgehead atoms. The first-order chi connectivity index (χ1) is 10.9. The van der Waals surface area contributed by atoms with Crippen LogP contribution in [0.25, 0.3) is 0 Å². The molecule has 2 aliphatic rings. The summed E-state index contributed by atoms with van der Waals surface area (Å²) in [6.45, 7) is 1.16. The van der Waals surface area contributed by atoms with Gasteiger partial charge in [-0.15, -0.1) is 0 Å². The molecule has 0 unspecified atom stereocenters. The molecule has 0 spiro atoms. The van der Waals surface area contributed by atoms with Crippen LogP contribution in [-0.4, -0.2) is 41.5 Å². The fourth-order valence-corrected chi connectivity index (χ4v) is 4.02. The number of anilines is 1. The second-order valence-corrected chi connectivity index (χ2v) is 6.80. The number of halogens is 2. The Bertz CT molecular complexity index is 654. The lowest BCUT2D eigenvalue weighted by molar-refractivity contribution is -0.149. The molecule has 0 aromatic heterocycles. The zero-order valence-corrected chi connectivity index (χ0v) is 13.3. The maximum atomic E-state index is 13.1. The lowest BCUT2D eigenvalue weighted by Gasteiger charge is -2.23. The highest BCUT2D eigenvalue weighted by atomic mass is 35.5. The van der Waals surface area contributed by atoms with Gasteiger partial charge in [0.25, 0.3) is 0 Å². The van der Waals surface area contributed by atoms with Crippen LogP contribution in [0.15, 0.2) is 18.2 Å². The Balaban J connectivity index is 1.61. The third kappa shape index (κ3) is 3.05. The average molecular weight is 341 g/mol. The van der Waals surface area contributed by atoms with Gasteiger partial charge in [-0.25, -0.2) is 4.39 Å². The molecule has 5 nitrogen and oxygen atoms in total. The fraction of sp³-hybridized carbons (Fsp3) is 0.500. The van der Waals surface area contributed by atoms with Crippen LogP contribution >= 0.6 is 11.6 Å². The Hall–Kier alpha value is -1.66. The number of aliphatic carboxylic acids is 1. The van der Waals surface area contributed by atoms with E-state index < -0.39 is 17.2 Å². The summed E-state index contributed by atoms with van der Waals surface area (Å²) in [5.41, 5.74) is -0.270. The van der Waals surface area contributed by atoms with Crippen LogP contribution < -0.4 is 5.32 Å². The van der Waals surface area contributed by atoms with Gasteiger partial charge in [0, 0.05) is 18.8 Å². The minimum atomic E-state index is -0.756. The smallest absolute Gasteiger partial charge is 0.311 e. The van der Waals surface area contributed by atoms with Gasteiger partial charge in [0.1, 0.15) is 5.82 Å². The minimum Gasteiger partial charge on any atom is -0.481 e. The van der Waals surface area contributed by atoms with Crippen LogP contribution in [0.2, 0.25) is 5.02 Å². The Kier molecular flexibility index (Phi) is 4.29. The Morgan fingerprint density at radius 3 is 2.91 bits per heavy atom. The molecule has 124 valence electrons. The molecule has 1 aliphatic carbocycles. The molecule has 0 radical (unpaired) electrons. The highest BCUT2D eigenvalue weighted by Gasteiger charge is 2.54. The standard InChI is InChI=1S/C16H18ClFN2O3/c17-12-6-11(3-4-13(12)18)19-14(21)8-20-7-10-2-1-5-16(10,9-20)15(22)23/h3-4,6,10H,1-2,5,7-9H2,(H,19,21)(H,22,23)/t10-,16+/m0/s1. The number of hydrogen-bond donors (Lipinski definition) is 2. The number of carbonyl (C=O) groups is 2. The summed E-state index contributed by atoms with van der Waals surface area (Å²) in [6.07, 6.45) is 2.52. The molecular formula is C16H18ClFN2O3. The van der Waals surface area contributed by atoms with Crippen molar-refractivity contribution in [2.45, 2.75) is 19.3 Å². The number of nitrogens with zero attached hydrogens (tertiary/aromatic N) is 1. The lowest BCUT2D eigenvalue weighted by Crippen LogP contribution is -2.37. The number of nitrogens with one attached hydrogen (secondary N) is 1. The molecule has 1 heterocycles. The number of rotatable bonds is 4. The molecular weight excluding hydrogens is 323 g/mol. The van der Waals surface area contributed by atoms with Crippen molar-refractivity contribution in [1.82, 2.24) is 4.90 Å². The molecule has 1 aromatic carbocycles. The Morgan fingerprint density at radius 2 is 2.26 bits per heavy atom. The highest BCUT2D eigenvalue weighted by molar-refractivity contribution is 6.31. The van der Waals surface area contributed by atoms with Crippen LogP contribution in [0.1, 0.15) is 19.3 Å². The monoisotopic (exact) mass is 340 g/mol. The number of amides is 1. The van der Waals surface area contributed by atoms with Gasteiger partial charge in [-0.05, 0) is 37.0 Å². The molecule has 1 amide bonds. The summed E-state index contributed by atoms with van der Waals surface area (Å²) in [6, 6.07) is 3.99. The second-order valence-electron chi connectivity index (χ2n) is 6.40. The van der Waals surface area contributed by atoms with Gasteiger partial charge in [0.2, 0.25) is 5.91 Å². The molecule has 2 N–H and O–H groups in total. The average Bonchev–Trinajstić information content (AvgIpc) is 3.00. The van der Waals surface area contributed by atoms with Crippen LogP contribution in [0.3, 0.4) is 0 Å². The van der Waals surface area contributed by atoms with Crippen molar-refractivity contribution in [1.29, 1.82) is 0 Å². The largest absolute Gasteiger partial charge is 0.481 e. The zero-order valence-electron chi connectivity index (χ0n) is 12.5. The molecule has 2 atom stereocenters. The first-order valence-electron chi connectivity index (χ1n) is 7.61. The van der Waals surface area contributed by atoms with Crippen LogP contribution in [0.5, 0.6) is 0 Å². The van der Waals surface area contributed by atoms with E-state index in [1.165, 1.54) is 18.2 Å². The molecule has 23 heavy (non-hydrogen) atoms.